The van der Waals surface area contributed by atoms with Crippen LogP contribution in [0.25, 0.3) is 0 Å². The molecule has 2 rings (SSSR count). The third-order valence-electron chi connectivity index (χ3n) is 4.59. The van der Waals surface area contributed by atoms with Gasteiger partial charge in [-0.15, -0.1) is 0 Å². The van der Waals surface area contributed by atoms with Crippen LogP contribution >= 0.6 is 0 Å². The van der Waals surface area contributed by atoms with Gasteiger partial charge < -0.3 is 30.4 Å². The predicted octanol–water partition coefficient (Wildman–Crippen LogP) is 1.76. The van der Waals surface area contributed by atoms with E-state index in [9.17, 15) is 0 Å². The number of nitrogens with two attached hydrogens (primary N) is 2. The summed E-state index contributed by atoms with van der Waals surface area (Å²) >= 11 is 0. The molecule has 0 radical (unpaired) electrons. The van der Waals surface area contributed by atoms with Gasteiger partial charge in [-0.25, -0.2) is 0 Å². The largest absolute Gasteiger partial charge is 0.352 e. The summed E-state index contributed by atoms with van der Waals surface area (Å²) in [5, 5.41) is 0. The van der Waals surface area contributed by atoms with Crippen molar-refractivity contribution in [1.82, 2.24) is 0 Å². The molecule has 2 aliphatic rings. The third kappa shape index (κ3) is 6.64. The highest BCUT2D eigenvalue weighted by Gasteiger charge is 2.41. The Morgan fingerprint density at radius 3 is 1.35 bits per heavy atom. The molecule has 2 heterocycles. The highest BCUT2D eigenvalue weighted by atomic mass is 16.7. The van der Waals surface area contributed by atoms with E-state index in [2.05, 4.69) is 0 Å². The molecule has 0 aromatic carbocycles. The Labute approximate surface area is 140 Å². The number of hydrogen-bond acceptors (Lipinski definition) is 6. The summed E-state index contributed by atoms with van der Waals surface area (Å²) in [6.07, 6.45) is 8.38. The topological polar surface area (TPSA) is 89.0 Å². The summed E-state index contributed by atoms with van der Waals surface area (Å²) in [4.78, 5) is 0. The van der Waals surface area contributed by atoms with Gasteiger partial charge in [0.25, 0.3) is 0 Å². The van der Waals surface area contributed by atoms with Gasteiger partial charge in [0.05, 0.1) is 31.8 Å². The molecule has 1 spiro atoms. The quantitative estimate of drug-likeness (QED) is 0.593. The van der Waals surface area contributed by atoms with Gasteiger partial charge in [-0.2, -0.15) is 0 Å². The van der Waals surface area contributed by atoms with E-state index in [0.29, 0.717) is 26.4 Å². The van der Waals surface area contributed by atoms with Crippen molar-refractivity contribution in [3.05, 3.63) is 0 Å². The standard InChI is InChI=1S/C17H34N2O4/c18-9-5-1-3-7-15-20-11-17(12-21-15)13-22-16(23-14-17)8-4-2-6-10-19/h15-16H,1-14,18-19H2. The summed E-state index contributed by atoms with van der Waals surface area (Å²) in [5.74, 6) is 0. The zero-order chi connectivity index (χ0) is 16.4. The van der Waals surface area contributed by atoms with Gasteiger partial charge in [-0.05, 0) is 51.6 Å². The number of ether oxygens (including phenoxy) is 4. The highest BCUT2D eigenvalue weighted by molar-refractivity contribution is 4.84. The van der Waals surface area contributed by atoms with Gasteiger partial charge in [0.15, 0.2) is 12.6 Å². The molecule has 2 saturated heterocycles. The first-order valence-electron chi connectivity index (χ1n) is 9.14. The maximum atomic E-state index is 5.87. The fourth-order valence-corrected chi connectivity index (χ4v) is 3.02. The minimum Gasteiger partial charge on any atom is -0.352 e. The van der Waals surface area contributed by atoms with Crippen molar-refractivity contribution in [3.8, 4) is 0 Å². The van der Waals surface area contributed by atoms with Gasteiger partial charge in [-0.1, -0.05) is 12.8 Å². The average molecular weight is 330 g/mol. The molecule has 0 saturated carbocycles. The van der Waals surface area contributed by atoms with Crippen molar-refractivity contribution >= 4 is 0 Å². The third-order valence-corrected chi connectivity index (χ3v) is 4.59. The lowest BCUT2D eigenvalue weighted by Gasteiger charge is -2.43. The molecule has 23 heavy (non-hydrogen) atoms. The molecule has 6 nitrogen and oxygen atoms in total. The van der Waals surface area contributed by atoms with Crippen molar-refractivity contribution < 1.29 is 18.9 Å². The van der Waals surface area contributed by atoms with Crippen LogP contribution in [0.2, 0.25) is 0 Å². The Morgan fingerprint density at radius 1 is 0.609 bits per heavy atom. The summed E-state index contributed by atoms with van der Waals surface area (Å²) in [6.45, 7) is 4.17. The Morgan fingerprint density at radius 2 is 1.00 bits per heavy atom. The molecule has 4 N–H and O–H groups in total. The van der Waals surface area contributed by atoms with Crippen molar-refractivity contribution in [3.63, 3.8) is 0 Å². The first-order valence-corrected chi connectivity index (χ1v) is 9.14. The lowest BCUT2D eigenvalue weighted by molar-refractivity contribution is -0.304. The van der Waals surface area contributed by atoms with E-state index in [0.717, 1.165) is 64.5 Å². The molecule has 0 unspecified atom stereocenters. The first-order chi connectivity index (χ1) is 11.3. The molecule has 6 heteroatoms. The molecule has 0 atom stereocenters. The van der Waals surface area contributed by atoms with E-state index in [1.165, 1.54) is 0 Å². The van der Waals surface area contributed by atoms with Crippen LogP contribution in [0.3, 0.4) is 0 Å². The molecule has 0 aromatic rings. The zero-order valence-electron chi connectivity index (χ0n) is 14.3. The predicted molar refractivity (Wildman–Crippen MR) is 88.9 cm³/mol. The van der Waals surface area contributed by atoms with Crippen LogP contribution < -0.4 is 11.5 Å². The molecule has 0 aliphatic carbocycles. The molecular weight excluding hydrogens is 296 g/mol. The van der Waals surface area contributed by atoms with Crippen molar-refractivity contribution in [2.45, 2.75) is 63.9 Å². The van der Waals surface area contributed by atoms with E-state index in [4.69, 9.17) is 30.4 Å². The Hall–Kier alpha value is -0.240. The molecule has 0 amide bonds. The minimum atomic E-state index is -0.123. The average Bonchev–Trinajstić information content (AvgIpc) is 2.59. The normalized spacial score (nSPS) is 31.6. The van der Waals surface area contributed by atoms with Gasteiger partial charge >= 0.3 is 0 Å². The Kier molecular flexibility index (Phi) is 8.79. The highest BCUT2D eigenvalue weighted by Crippen LogP contribution is 2.32. The molecule has 2 fully saturated rings. The Balaban J connectivity index is 1.58. The molecule has 0 aromatic heterocycles. The summed E-state index contributed by atoms with van der Waals surface area (Å²) in [5.41, 5.74) is 10.9. The molecule has 2 aliphatic heterocycles. The van der Waals surface area contributed by atoms with E-state index < -0.39 is 0 Å². The van der Waals surface area contributed by atoms with E-state index >= 15 is 0 Å². The van der Waals surface area contributed by atoms with Gasteiger partial charge in [0.2, 0.25) is 0 Å². The maximum Gasteiger partial charge on any atom is 0.157 e. The minimum absolute atomic E-state index is 0.0765. The van der Waals surface area contributed by atoms with Gasteiger partial charge in [0, 0.05) is 0 Å². The smallest absolute Gasteiger partial charge is 0.157 e. The van der Waals surface area contributed by atoms with E-state index in [1.54, 1.807) is 0 Å². The second-order valence-electron chi connectivity index (χ2n) is 6.88. The van der Waals surface area contributed by atoms with E-state index in [1.807, 2.05) is 0 Å². The van der Waals surface area contributed by atoms with Crippen LogP contribution in [0.1, 0.15) is 51.4 Å². The number of rotatable bonds is 10. The van der Waals surface area contributed by atoms with Crippen LogP contribution in [0, 0.1) is 5.41 Å². The fraction of sp³-hybridized carbons (Fsp3) is 1.00. The zero-order valence-corrected chi connectivity index (χ0v) is 14.3. The van der Waals surface area contributed by atoms with Gasteiger partial charge in [0.1, 0.15) is 0 Å². The monoisotopic (exact) mass is 330 g/mol. The molecular formula is C17H34N2O4. The van der Waals surface area contributed by atoms with Gasteiger partial charge in [-0.3, -0.25) is 0 Å². The van der Waals surface area contributed by atoms with Crippen LogP contribution in [-0.2, 0) is 18.9 Å². The van der Waals surface area contributed by atoms with Crippen molar-refractivity contribution in [1.29, 1.82) is 0 Å². The number of unbranched alkanes of at least 4 members (excludes halogenated alkanes) is 4. The van der Waals surface area contributed by atoms with Crippen LogP contribution in [0.15, 0.2) is 0 Å². The lowest BCUT2D eigenvalue weighted by atomic mass is 9.90. The van der Waals surface area contributed by atoms with Crippen LogP contribution in [0.5, 0.6) is 0 Å². The maximum absolute atomic E-state index is 5.87. The Bertz CT molecular complexity index is 267. The summed E-state index contributed by atoms with van der Waals surface area (Å²) in [7, 11) is 0. The van der Waals surface area contributed by atoms with Crippen LogP contribution in [0.4, 0.5) is 0 Å². The SMILES string of the molecule is NCCCCCC1OCC2(CO1)COC(CCCCCN)OC2. The second kappa shape index (κ2) is 10.6. The summed E-state index contributed by atoms with van der Waals surface area (Å²) < 4.78 is 23.5. The summed E-state index contributed by atoms with van der Waals surface area (Å²) in [6, 6.07) is 0. The lowest BCUT2D eigenvalue weighted by Crippen LogP contribution is -2.52. The number of hydrogen-bond donors (Lipinski definition) is 2. The van der Waals surface area contributed by atoms with Crippen molar-refractivity contribution in [2.75, 3.05) is 39.5 Å². The molecule has 136 valence electrons. The van der Waals surface area contributed by atoms with Crippen molar-refractivity contribution in [2.24, 2.45) is 16.9 Å². The fourth-order valence-electron chi connectivity index (χ4n) is 3.02. The van der Waals surface area contributed by atoms with Crippen LogP contribution in [-0.4, -0.2) is 52.1 Å². The molecule has 0 bridgehead atoms. The van der Waals surface area contributed by atoms with E-state index in [-0.39, 0.29) is 18.0 Å². The second-order valence-corrected chi connectivity index (χ2v) is 6.88. The first kappa shape index (κ1) is 19.1.